The molecule has 0 unspecified atom stereocenters. The number of H-pyrrole nitrogens is 1. The Hall–Kier alpha value is -2.44. The van der Waals surface area contributed by atoms with Crippen LogP contribution in [0.5, 0.6) is 0 Å². The fourth-order valence-corrected chi connectivity index (χ4v) is 1.35. The molecule has 2 rings (SSSR count). The molecule has 2 aromatic rings. The van der Waals surface area contributed by atoms with Gasteiger partial charge in [0.25, 0.3) is 0 Å². The molecule has 1 amide bonds. The van der Waals surface area contributed by atoms with Crippen molar-refractivity contribution in [2.45, 2.75) is 26.4 Å². The Balaban J connectivity index is 2.01. The van der Waals surface area contributed by atoms with E-state index >= 15 is 0 Å². The summed E-state index contributed by atoms with van der Waals surface area (Å²) in [4.78, 5) is 19.6. The lowest BCUT2D eigenvalue weighted by molar-refractivity contribution is 0.0634. The number of ether oxygens (including phenoxy) is 1. The van der Waals surface area contributed by atoms with Gasteiger partial charge in [0.2, 0.25) is 5.95 Å². The van der Waals surface area contributed by atoms with E-state index in [2.05, 4.69) is 25.5 Å². The molecule has 0 aliphatic heterocycles. The molecule has 2 N–H and O–H groups in total. The van der Waals surface area contributed by atoms with Crippen LogP contribution in [-0.2, 0) is 4.74 Å². The average Bonchev–Trinajstić information content (AvgIpc) is 2.80. The van der Waals surface area contributed by atoms with Gasteiger partial charge in [0.15, 0.2) is 0 Å². The Morgan fingerprint density at radius 2 is 1.89 bits per heavy atom. The highest BCUT2D eigenvalue weighted by molar-refractivity contribution is 5.82. The number of hydrogen-bond donors (Lipinski definition) is 2. The minimum Gasteiger partial charge on any atom is -0.444 e. The van der Waals surface area contributed by atoms with Gasteiger partial charge in [-0.05, 0) is 20.8 Å². The van der Waals surface area contributed by atoms with Crippen LogP contribution in [0.2, 0.25) is 0 Å². The van der Waals surface area contributed by atoms with Crippen LogP contribution >= 0.6 is 0 Å². The molecule has 0 fully saturated rings. The summed E-state index contributed by atoms with van der Waals surface area (Å²) in [6, 6.07) is 0. The number of aromatic amines is 1. The van der Waals surface area contributed by atoms with E-state index in [-0.39, 0.29) is 5.95 Å². The zero-order chi connectivity index (χ0) is 13.9. The van der Waals surface area contributed by atoms with Crippen LogP contribution in [-0.4, -0.2) is 31.9 Å². The number of nitrogens with one attached hydrogen (secondary N) is 2. The molecule has 100 valence electrons. The van der Waals surface area contributed by atoms with E-state index in [1.54, 1.807) is 45.6 Å². The van der Waals surface area contributed by atoms with E-state index in [1.165, 1.54) is 0 Å². The number of rotatable bonds is 2. The normalized spacial score (nSPS) is 11.1. The predicted octanol–water partition coefficient (Wildman–Crippen LogP) is 2.21. The van der Waals surface area contributed by atoms with Crippen LogP contribution in [0.1, 0.15) is 20.8 Å². The maximum Gasteiger partial charge on any atom is 0.414 e. The minimum atomic E-state index is -0.580. The molecule has 0 spiro atoms. The molecular weight excluding hydrogens is 246 g/mol. The second kappa shape index (κ2) is 5.05. The first kappa shape index (κ1) is 13.0. The number of carbonyl (C=O) groups is 1. The fraction of sp³-hybridized carbons (Fsp3) is 0.333. The van der Waals surface area contributed by atoms with Gasteiger partial charge in [-0.2, -0.15) is 5.10 Å². The summed E-state index contributed by atoms with van der Waals surface area (Å²) in [7, 11) is 0. The van der Waals surface area contributed by atoms with Gasteiger partial charge in [0.05, 0.1) is 6.20 Å². The van der Waals surface area contributed by atoms with E-state index < -0.39 is 11.7 Å². The molecule has 7 nitrogen and oxygen atoms in total. The first-order valence-electron chi connectivity index (χ1n) is 5.75. The summed E-state index contributed by atoms with van der Waals surface area (Å²) in [5.74, 6) is 0.196. The highest BCUT2D eigenvalue weighted by Gasteiger charge is 2.16. The SMILES string of the molecule is CC(C)(C)OC(=O)Nc1ncc(-c2cn[nH]c2)cn1. The predicted molar refractivity (Wildman–Crippen MR) is 69.5 cm³/mol. The summed E-state index contributed by atoms with van der Waals surface area (Å²) in [6.07, 6.45) is 6.03. The van der Waals surface area contributed by atoms with Gasteiger partial charge in [-0.25, -0.2) is 14.8 Å². The Morgan fingerprint density at radius 3 is 2.42 bits per heavy atom. The molecule has 19 heavy (non-hydrogen) atoms. The van der Waals surface area contributed by atoms with Crippen molar-refractivity contribution in [3.05, 3.63) is 24.8 Å². The second-order valence-electron chi connectivity index (χ2n) is 4.91. The van der Waals surface area contributed by atoms with E-state index in [9.17, 15) is 4.79 Å². The van der Waals surface area contributed by atoms with Gasteiger partial charge in [-0.1, -0.05) is 0 Å². The van der Waals surface area contributed by atoms with Crippen LogP contribution in [0.25, 0.3) is 11.1 Å². The molecule has 0 aliphatic carbocycles. The average molecular weight is 261 g/mol. The lowest BCUT2D eigenvalue weighted by atomic mass is 10.2. The molecule has 0 aliphatic rings. The van der Waals surface area contributed by atoms with Crippen molar-refractivity contribution < 1.29 is 9.53 Å². The number of nitrogens with zero attached hydrogens (tertiary/aromatic N) is 3. The summed E-state index contributed by atoms with van der Waals surface area (Å²) in [5, 5.41) is 9.01. The maximum atomic E-state index is 11.5. The van der Waals surface area contributed by atoms with E-state index in [0.717, 1.165) is 11.1 Å². The highest BCUT2D eigenvalue weighted by atomic mass is 16.6. The third-order valence-corrected chi connectivity index (χ3v) is 2.10. The largest absolute Gasteiger partial charge is 0.444 e. The topological polar surface area (TPSA) is 92.8 Å². The molecule has 0 bridgehead atoms. The third kappa shape index (κ3) is 3.77. The quantitative estimate of drug-likeness (QED) is 0.864. The highest BCUT2D eigenvalue weighted by Crippen LogP contribution is 2.16. The van der Waals surface area contributed by atoms with Gasteiger partial charge < -0.3 is 4.74 Å². The van der Waals surface area contributed by atoms with E-state index in [0.29, 0.717) is 0 Å². The minimum absolute atomic E-state index is 0.196. The number of anilines is 1. The molecule has 7 heteroatoms. The van der Waals surface area contributed by atoms with Crippen molar-refractivity contribution in [1.82, 2.24) is 20.2 Å². The van der Waals surface area contributed by atoms with Gasteiger partial charge >= 0.3 is 6.09 Å². The monoisotopic (exact) mass is 261 g/mol. The summed E-state index contributed by atoms with van der Waals surface area (Å²) in [6.45, 7) is 5.36. The lowest BCUT2D eigenvalue weighted by Gasteiger charge is -2.19. The van der Waals surface area contributed by atoms with E-state index in [4.69, 9.17) is 4.74 Å². The first-order chi connectivity index (χ1) is 8.94. The Kier molecular flexibility index (Phi) is 3.46. The summed E-state index contributed by atoms with van der Waals surface area (Å²) >= 11 is 0. The first-order valence-corrected chi connectivity index (χ1v) is 5.75. The van der Waals surface area contributed by atoms with Crippen LogP contribution in [0, 0.1) is 0 Å². The third-order valence-electron chi connectivity index (χ3n) is 2.10. The molecule has 2 aromatic heterocycles. The summed E-state index contributed by atoms with van der Waals surface area (Å²) in [5.41, 5.74) is 1.13. The molecule has 0 saturated carbocycles. The van der Waals surface area contributed by atoms with Crippen molar-refractivity contribution in [2.24, 2.45) is 0 Å². The van der Waals surface area contributed by atoms with Crippen LogP contribution in [0.4, 0.5) is 10.7 Å². The Bertz CT molecular complexity index is 542. The van der Waals surface area contributed by atoms with Crippen LogP contribution in [0.15, 0.2) is 24.8 Å². The van der Waals surface area contributed by atoms with Crippen molar-refractivity contribution >= 4 is 12.0 Å². The standard InChI is InChI=1S/C12H15N5O2/c1-12(2,3)19-11(18)17-10-13-4-8(5-14-10)9-6-15-16-7-9/h4-7H,1-3H3,(H,15,16)(H,13,14,17,18). The molecule has 0 saturated heterocycles. The number of aromatic nitrogens is 4. The zero-order valence-corrected chi connectivity index (χ0v) is 11.0. The second-order valence-corrected chi connectivity index (χ2v) is 4.91. The Morgan fingerprint density at radius 1 is 1.21 bits per heavy atom. The number of hydrogen-bond acceptors (Lipinski definition) is 5. The van der Waals surface area contributed by atoms with Crippen LogP contribution in [0.3, 0.4) is 0 Å². The van der Waals surface area contributed by atoms with Gasteiger partial charge in [0.1, 0.15) is 5.60 Å². The fourth-order valence-electron chi connectivity index (χ4n) is 1.35. The van der Waals surface area contributed by atoms with Crippen molar-refractivity contribution in [2.75, 3.05) is 5.32 Å². The number of carbonyl (C=O) groups excluding carboxylic acids is 1. The summed E-state index contributed by atoms with van der Waals surface area (Å²) < 4.78 is 5.10. The van der Waals surface area contributed by atoms with Gasteiger partial charge in [0, 0.05) is 29.7 Å². The molecule has 2 heterocycles. The van der Waals surface area contributed by atoms with Crippen molar-refractivity contribution in [3.8, 4) is 11.1 Å². The zero-order valence-electron chi connectivity index (χ0n) is 11.0. The smallest absolute Gasteiger partial charge is 0.414 e. The van der Waals surface area contributed by atoms with Crippen LogP contribution < -0.4 is 5.32 Å². The molecule has 0 radical (unpaired) electrons. The molecule has 0 aromatic carbocycles. The lowest BCUT2D eigenvalue weighted by Crippen LogP contribution is -2.27. The Labute approximate surface area is 110 Å². The molecule has 0 atom stereocenters. The van der Waals surface area contributed by atoms with E-state index in [1.807, 2.05) is 0 Å². The van der Waals surface area contributed by atoms with Gasteiger partial charge in [-0.3, -0.25) is 10.4 Å². The molecular formula is C12H15N5O2. The van der Waals surface area contributed by atoms with Crippen molar-refractivity contribution in [3.63, 3.8) is 0 Å². The number of amides is 1. The van der Waals surface area contributed by atoms with Crippen molar-refractivity contribution in [1.29, 1.82) is 0 Å². The van der Waals surface area contributed by atoms with Gasteiger partial charge in [-0.15, -0.1) is 0 Å². The maximum absolute atomic E-state index is 11.5.